The van der Waals surface area contributed by atoms with Gasteiger partial charge >= 0.3 is 0 Å². The van der Waals surface area contributed by atoms with E-state index in [1.165, 1.54) is 10.1 Å². The molecule has 3 aromatic rings. The molecule has 3 rings (SSSR count). The summed E-state index contributed by atoms with van der Waals surface area (Å²) in [6, 6.07) is 9.65. The van der Waals surface area contributed by atoms with Crippen LogP contribution in [-0.4, -0.2) is 19.6 Å². The molecule has 0 aliphatic carbocycles. The van der Waals surface area contributed by atoms with Gasteiger partial charge < -0.3 is 5.32 Å². The van der Waals surface area contributed by atoms with Crippen molar-refractivity contribution in [1.29, 1.82) is 0 Å². The Balaban J connectivity index is 1.86. The summed E-state index contributed by atoms with van der Waals surface area (Å²) in [5.74, 6) is 1.28. The maximum Gasteiger partial charge on any atom is 0.274 e. The zero-order valence-corrected chi connectivity index (χ0v) is 12.9. The van der Waals surface area contributed by atoms with Crippen LogP contribution in [0.4, 0.5) is 5.69 Å². The molecule has 6 heteroatoms. The van der Waals surface area contributed by atoms with Crippen LogP contribution >= 0.6 is 0 Å². The lowest BCUT2D eigenvalue weighted by Crippen LogP contribution is -2.16. The first-order chi connectivity index (χ1) is 10.5. The predicted molar refractivity (Wildman–Crippen MR) is 86.2 cm³/mol. The van der Waals surface area contributed by atoms with E-state index in [9.17, 15) is 4.79 Å². The number of hydrogen-bond donors (Lipinski definition) is 2. The topological polar surface area (TPSA) is 75.1 Å². The van der Waals surface area contributed by atoms with Crippen LogP contribution in [0.15, 0.2) is 35.1 Å². The summed E-state index contributed by atoms with van der Waals surface area (Å²) in [7, 11) is 0. The monoisotopic (exact) mass is 297 g/mol. The molecule has 0 amide bonds. The second kappa shape index (κ2) is 5.63. The highest BCUT2D eigenvalue weighted by atomic mass is 16.1. The van der Waals surface area contributed by atoms with Gasteiger partial charge in [0.1, 0.15) is 5.82 Å². The number of nitrogens with zero attached hydrogens (tertiary/aromatic N) is 3. The Morgan fingerprint density at radius 2 is 2.09 bits per heavy atom. The van der Waals surface area contributed by atoms with Gasteiger partial charge in [0.2, 0.25) is 0 Å². The second-order valence-electron chi connectivity index (χ2n) is 5.70. The Bertz CT molecular complexity index is 862. The minimum atomic E-state index is -0.136. The third-order valence-corrected chi connectivity index (χ3v) is 3.47. The zero-order valence-electron chi connectivity index (χ0n) is 12.9. The van der Waals surface area contributed by atoms with Gasteiger partial charge in [-0.3, -0.25) is 9.89 Å². The van der Waals surface area contributed by atoms with Crippen LogP contribution in [-0.2, 0) is 6.54 Å². The van der Waals surface area contributed by atoms with Crippen LogP contribution in [0.2, 0.25) is 0 Å². The summed E-state index contributed by atoms with van der Waals surface area (Å²) in [6.07, 6.45) is 0. The average Bonchev–Trinajstić information content (AvgIpc) is 2.89. The lowest BCUT2D eigenvalue weighted by Gasteiger charge is -2.04. The van der Waals surface area contributed by atoms with Crippen LogP contribution in [0.5, 0.6) is 0 Å². The molecule has 0 aliphatic rings. The number of fused-ring (bicyclic) bond motifs is 1. The highest BCUT2D eigenvalue weighted by molar-refractivity contribution is 5.45. The first-order valence-corrected chi connectivity index (χ1v) is 7.32. The van der Waals surface area contributed by atoms with Gasteiger partial charge in [0, 0.05) is 11.8 Å². The van der Waals surface area contributed by atoms with Gasteiger partial charge in [-0.05, 0) is 30.5 Å². The van der Waals surface area contributed by atoms with Crippen molar-refractivity contribution in [3.8, 4) is 0 Å². The van der Waals surface area contributed by atoms with Crippen molar-refractivity contribution in [2.24, 2.45) is 0 Å². The van der Waals surface area contributed by atoms with E-state index < -0.39 is 0 Å². The van der Waals surface area contributed by atoms with Crippen molar-refractivity contribution >= 4 is 11.5 Å². The Morgan fingerprint density at radius 3 is 2.82 bits per heavy atom. The molecule has 114 valence electrons. The van der Waals surface area contributed by atoms with Gasteiger partial charge in [-0.25, -0.2) is 4.98 Å². The van der Waals surface area contributed by atoms with Crippen molar-refractivity contribution in [3.05, 3.63) is 57.8 Å². The lowest BCUT2D eigenvalue weighted by atomic mass is 10.1. The Morgan fingerprint density at radius 1 is 1.27 bits per heavy atom. The van der Waals surface area contributed by atoms with Crippen LogP contribution < -0.4 is 10.9 Å². The molecule has 0 saturated carbocycles. The molecule has 0 spiro atoms. The smallest absolute Gasteiger partial charge is 0.274 e. The molecule has 0 unspecified atom stereocenters. The predicted octanol–water partition coefficient (Wildman–Crippen LogP) is 2.46. The average molecular weight is 297 g/mol. The fraction of sp³-hybridized carbons (Fsp3) is 0.312. The lowest BCUT2D eigenvalue weighted by molar-refractivity contribution is 0.791. The quantitative estimate of drug-likeness (QED) is 0.775. The zero-order chi connectivity index (χ0) is 15.7. The van der Waals surface area contributed by atoms with E-state index in [-0.39, 0.29) is 11.5 Å². The molecule has 0 radical (unpaired) electrons. The summed E-state index contributed by atoms with van der Waals surface area (Å²) in [6.45, 7) is 6.56. The van der Waals surface area contributed by atoms with E-state index in [2.05, 4.69) is 26.4 Å². The highest BCUT2D eigenvalue weighted by Gasteiger charge is 2.10. The number of H-pyrrole nitrogens is 1. The van der Waals surface area contributed by atoms with Crippen molar-refractivity contribution in [2.75, 3.05) is 5.32 Å². The Labute approximate surface area is 128 Å². The molecule has 0 atom stereocenters. The molecule has 22 heavy (non-hydrogen) atoms. The van der Waals surface area contributed by atoms with Gasteiger partial charge in [0.25, 0.3) is 11.3 Å². The maximum absolute atomic E-state index is 12.1. The van der Waals surface area contributed by atoms with Crippen LogP contribution in [0.1, 0.15) is 36.8 Å². The first-order valence-electron chi connectivity index (χ1n) is 7.32. The largest absolute Gasteiger partial charge is 0.378 e. The molecule has 0 fully saturated rings. The number of aromatic amines is 1. The van der Waals surface area contributed by atoms with E-state index in [1.54, 1.807) is 6.07 Å². The molecule has 6 nitrogen and oxygen atoms in total. The SMILES string of the molecule is Cc1cccc(NCc2nc3nc(C(C)C)cc(=O)n3[nH]2)c1. The Hall–Kier alpha value is -2.63. The van der Waals surface area contributed by atoms with Gasteiger partial charge in [-0.2, -0.15) is 9.50 Å². The first kappa shape index (κ1) is 14.3. The fourth-order valence-electron chi connectivity index (χ4n) is 2.26. The minimum Gasteiger partial charge on any atom is -0.378 e. The molecule has 2 heterocycles. The number of nitrogens with one attached hydrogen (secondary N) is 2. The van der Waals surface area contributed by atoms with Gasteiger partial charge in [-0.1, -0.05) is 26.0 Å². The summed E-state index contributed by atoms with van der Waals surface area (Å²) in [5.41, 5.74) is 2.83. The van der Waals surface area contributed by atoms with Crippen molar-refractivity contribution in [3.63, 3.8) is 0 Å². The summed E-state index contributed by atoms with van der Waals surface area (Å²) < 4.78 is 1.37. The normalized spacial score (nSPS) is 11.3. The fourth-order valence-corrected chi connectivity index (χ4v) is 2.26. The van der Waals surface area contributed by atoms with E-state index in [1.807, 2.05) is 39.0 Å². The highest BCUT2D eigenvalue weighted by Crippen LogP contribution is 2.12. The molecule has 0 aliphatic heterocycles. The standard InChI is InChI=1S/C16H19N5O/c1-10(2)13-8-15(22)21-16(18-13)19-14(20-21)9-17-12-6-4-5-11(3)7-12/h4-8,10,17H,9H2,1-3H3,(H,18,19,20). The number of aromatic nitrogens is 4. The van der Waals surface area contributed by atoms with E-state index in [0.29, 0.717) is 18.1 Å². The molecule has 2 N–H and O–H groups in total. The summed E-state index contributed by atoms with van der Waals surface area (Å²) in [4.78, 5) is 20.9. The van der Waals surface area contributed by atoms with Gasteiger partial charge in [0.15, 0.2) is 0 Å². The second-order valence-corrected chi connectivity index (χ2v) is 5.70. The summed E-state index contributed by atoms with van der Waals surface area (Å²) in [5, 5.41) is 6.27. The van der Waals surface area contributed by atoms with Crippen LogP contribution in [0.3, 0.4) is 0 Å². The number of benzene rings is 1. The maximum atomic E-state index is 12.1. The molecule has 0 bridgehead atoms. The Kier molecular flexibility index (Phi) is 3.66. The molecule has 2 aromatic heterocycles. The number of anilines is 1. The van der Waals surface area contributed by atoms with E-state index in [0.717, 1.165) is 11.4 Å². The van der Waals surface area contributed by atoms with E-state index in [4.69, 9.17) is 0 Å². The van der Waals surface area contributed by atoms with Crippen molar-refractivity contribution < 1.29 is 0 Å². The third kappa shape index (κ3) is 2.86. The number of aryl methyl sites for hydroxylation is 1. The van der Waals surface area contributed by atoms with Crippen LogP contribution in [0.25, 0.3) is 5.78 Å². The molecule has 0 saturated heterocycles. The molecule has 1 aromatic carbocycles. The minimum absolute atomic E-state index is 0.136. The van der Waals surface area contributed by atoms with Crippen molar-refractivity contribution in [1.82, 2.24) is 19.6 Å². The van der Waals surface area contributed by atoms with Gasteiger partial charge in [0.05, 0.1) is 12.2 Å². The summed E-state index contributed by atoms with van der Waals surface area (Å²) >= 11 is 0. The number of hydrogen-bond acceptors (Lipinski definition) is 4. The number of rotatable bonds is 4. The molecular weight excluding hydrogens is 278 g/mol. The molecular formula is C16H19N5O. The van der Waals surface area contributed by atoms with Crippen molar-refractivity contribution in [2.45, 2.75) is 33.2 Å². The van der Waals surface area contributed by atoms with Gasteiger partial charge in [-0.15, -0.1) is 0 Å². The third-order valence-electron chi connectivity index (χ3n) is 3.47. The van der Waals surface area contributed by atoms with E-state index >= 15 is 0 Å². The van der Waals surface area contributed by atoms with Crippen LogP contribution in [0, 0.1) is 6.92 Å².